The number of pyridine rings is 1. The van der Waals surface area contributed by atoms with Gasteiger partial charge in [-0.3, -0.25) is 0 Å². The second-order valence-corrected chi connectivity index (χ2v) is 4.62. The number of carbonyl (C=O) groups excluding carboxylic acids is 1. The number of para-hydroxylation sites is 1. The predicted octanol–water partition coefficient (Wildman–Crippen LogP) is 3.17. The molecule has 20 heavy (non-hydrogen) atoms. The van der Waals surface area contributed by atoms with E-state index in [0.717, 1.165) is 29.5 Å². The molecular formula is C16H15NO3. The molecule has 1 aromatic carbocycles. The fourth-order valence-corrected chi connectivity index (χ4v) is 2.32. The Morgan fingerprint density at radius 3 is 2.95 bits per heavy atom. The molecule has 102 valence electrons. The first-order valence-corrected chi connectivity index (χ1v) is 6.61. The molecule has 1 aliphatic rings. The van der Waals surface area contributed by atoms with Crippen LogP contribution >= 0.6 is 0 Å². The van der Waals surface area contributed by atoms with E-state index in [1.165, 1.54) is 7.11 Å². The van der Waals surface area contributed by atoms with E-state index in [1.807, 2.05) is 30.3 Å². The molecule has 0 fully saturated rings. The van der Waals surface area contributed by atoms with Crippen LogP contribution in [-0.2, 0) is 9.47 Å². The average molecular weight is 269 g/mol. The van der Waals surface area contributed by atoms with Crippen LogP contribution in [-0.4, -0.2) is 24.7 Å². The Morgan fingerprint density at radius 1 is 1.35 bits per heavy atom. The van der Waals surface area contributed by atoms with Crippen LogP contribution in [0.2, 0.25) is 0 Å². The molecule has 0 unspecified atom stereocenters. The highest BCUT2D eigenvalue weighted by molar-refractivity contribution is 6.04. The zero-order chi connectivity index (χ0) is 13.9. The van der Waals surface area contributed by atoms with E-state index in [0.29, 0.717) is 17.9 Å². The van der Waals surface area contributed by atoms with Crippen LogP contribution in [0.3, 0.4) is 0 Å². The van der Waals surface area contributed by atoms with Crippen LogP contribution in [0.25, 0.3) is 16.7 Å². The van der Waals surface area contributed by atoms with Gasteiger partial charge in [0.1, 0.15) is 11.5 Å². The fourth-order valence-electron chi connectivity index (χ4n) is 2.32. The van der Waals surface area contributed by atoms with Crippen LogP contribution < -0.4 is 0 Å². The van der Waals surface area contributed by atoms with E-state index in [1.54, 1.807) is 6.07 Å². The Kier molecular flexibility index (Phi) is 3.37. The molecule has 4 nitrogen and oxygen atoms in total. The van der Waals surface area contributed by atoms with Crippen molar-refractivity contribution in [1.82, 2.24) is 4.98 Å². The van der Waals surface area contributed by atoms with Crippen LogP contribution in [0.15, 0.2) is 36.4 Å². The topological polar surface area (TPSA) is 48.4 Å². The van der Waals surface area contributed by atoms with Crippen LogP contribution in [0.1, 0.15) is 28.9 Å². The lowest BCUT2D eigenvalue weighted by Gasteiger charge is -2.15. The van der Waals surface area contributed by atoms with Crippen LogP contribution in [0.4, 0.5) is 0 Å². The zero-order valence-electron chi connectivity index (χ0n) is 11.3. The first-order chi connectivity index (χ1) is 9.79. The molecule has 2 aromatic rings. The maximum atomic E-state index is 12.0. The minimum atomic E-state index is -0.360. The Balaban J connectivity index is 2.19. The van der Waals surface area contributed by atoms with E-state index in [-0.39, 0.29) is 5.97 Å². The number of fused-ring (bicyclic) bond motifs is 1. The molecule has 0 atom stereocenters. The van der Waals surface area contributed by atoms with Crippen molar-refractivity contribution in [3.63, 3.8) is 0 Å². The van der Waals surface area contributed by atoms with Gasteiger partial charge in [-0.2, -0.15) is 0 Å². The Morgan fingerprint density at radius 2 is 2.20 bits per heavy atom. The van der Waals surface area contributed by atoms with Crippen molar-refractivity contribution < 1.29 is 14.3 Å². The van der Waals surface area contributed by atoms with Crippen LogP contribution in [0, 0.1) is 0 Å². The van der Waals surface area contributed by atoms with E-state index in [2.05, 4.69) is 4.98 Å². The SMILES string of the molecule is COC(=O)c1cc(C2=CCCCO2)nc2ccccc12. The molecule has 4 heteroatoms. The molecule has 0 N–H and O–H groups in total. The summed E-state index contributed by atoms with van der Waals surface area (Å²) in [4.78, 5) is 16.5. The monoisotopic (exact) mass is 269 g/mol. The third kappa shape index (κ3) is 2.25. The number of hydrogen-bond donors (Lipinski definition) is 0. The minimum Gasteiger partial charge on any atom is -0.492 e. The molecule has 0 bridgehead atoms. The van der Waals surface area contributed by atoms with E-state index >= 15 is 0 Å². The number of allylic oxidation sites excluding steroid dienone is 1. The normalized spacial score (nSPS) is 14.6. The summed E-state index contributed by atoms with van der Waals surface area (Å²) in [6.07, 6.45) is 4.00. The van der Waals surface area contributed by atoms with Gasteiger partial charge in [0.05, 0.1) is 24.8 Å². The van der Waals surface area contributed by atoms with Crippen molar-refractivity contribution in [3.05, 3.63) is 47.7 Å². The van der Waals surface area contributed by atoms with Gasteiger partial charge in [0, 0.05) is 5.39 Å². The highest BCUT2D eigenvalue weighted by atomic mass is 16.5. The second kappa shape index (κ2) is 5.33. The summed E-state index contributed by atoms with van der Waals surface area (Å²) in [7, 11) is 1.38. The van der Waals surface area contributed by atoms with Gasteiger partial charge in [-0.05, 0) is 31.1 Å². The summed E-state index contributed by atoms with van der Waals surface area (Å²) in [5.41, 5.74) is 1.97. The first kappa shape index (κ1) is 12.7. The number of carbonyl (C=O) groups is 1. The summed E-state index contributed by atoms with van der Waals surface area (Å²) in [6, 6.07) is 9.28. The van der Waals surface area contributed by atoms with Crippen molar-refractivity contribution in [1.29, 1.82) is 0 Å². The van der Waals surface area contributed by atoms with Crippen molar-refractivity contribution in [2.24, 2.45) is 0 Å². The van der Waals surface area contributed by atoms with Crippen molar-refractivity contribution in [3.8, 4) is 0 Å². The van der Waals surface area contributed by atoms with Gasteiger partial charge in [-0.25, -0.2) is 9.78 Å². The lowest BCUT2D eigenvalue weighted by Crippen LogP contribution is -2.07. The Labute approximate surface area is 117 Å². The summed E-state index contributed by atoms with van der Waals surface area (Å²) in [5, 5.41) is 0.791. The van der Waals surface area contributed by atoms with E-state index in [4.69, 9.17) is 9.47 Å². The van der Waals surface area contributed by atoms with Gasteiger partial charge in [0.15, 0.2) is 0 Å². The molecule has 1 aromatic heterocycles. The third-order valence-corrected chi connectivity index (χ3v) is 3.31. The second-order valence-electron chi connectivity index (χ2n) is 4.62. The zero-order valence-corrected chi connectivity index (χ0v) is 11.3. The number of methoxy groups -OCH3 is 1. The van der Waals surface area contributed by atoms with Crippen molar-refractivity contribution >= 4 is 22.6 Å². The van der Waals surface area contributed by atoms with Crippen LogP contribution in [0.5, 0.6) is 0 Å². The molecule has 0 radical (unpaired) electrons. The first-order valence-electron chi connectivity index (χ1n) is 6.61. The number of benzene rings is 1. The largest absolute Gasteiger partial charge is 0.492 e. The lowest BCUT2D eigenvalue weighted by molar-refractivity contribution is 0.0603. The maximum Gasteiger partial charge on any atom is 0.338 e. The third-order valence-electron chi connectivity index (χ3n) is 3.31. The van der Waals surface area contributed by atoms with Gasteiger partial charge in [-0.1, -0.05) is 18.2 Å². The fraction of sp³-hybridized carbons (Fsp3) is 0.250. The summed E-state index contributed by atoms with van der Waals surface area (Å²) in [5.74, 6) is 0.383. The van der Waals surface area contributed by atoms with Gasteiger partial charge in [0.2, 0.25) is 0 Å². The van der Waals surface area contributed by atoms with E-state index < -0.39 is 0 Å². The molecule has 3 rings (SSSR count). The van der Waals surface area contributed by atoms with Gasteiger partial charge in [-0.15, -0.1) is 0 Å². The van der Waals surface area contributed by atoms with Crippen molar-refractivity contribution in [2.75, 3.05) is 13.7 Å². The van der Waals surface area contributed by atoms with Gasteiger partial charge >= 0.3 is 5.97 Å². The summed E-state index contributed by atoms with van der Waals surface area (Å²) < 4.78 is 10.5. The molecule has 0 saturated carbocycles. The molecule has 1 aliphatic heterocycles. The maximum absolute atomic E-state index is 12.0. The molecule has 2 heterocycles. The highest BCUT2D eigenvalue weighted by Gasteiger charge is 2.16. The lowest BCUT2D eigenvalue weighted by atomic mass is 10.1. The molecule has 0 amide bonds. The Hall–Kier alpha value is -2.36. The quantitative estimate of drug-likeness (QED) is 0.786. The summed E-state index contributed by atoms with van der Waals surface area (Å²) >= 11 is 0. The number of nitrogens with zero attached hydrogens (tertiary/aromatic N) is 1. The molecule has 0 saturated heterocycles. The predicted molar refractivity (Wildman–Crippen MR) is 76.2 cm³/mol. The smallest absolute Gasteiger partial charge is 0.338 e. The van der Waals surface area contributed by atoms with Crippen molar-refractivity contribution in [2.45, 2.75) is 12.8 Å². The Bertz CT molecular complexity index is 691. The highest BCUT2D eigenvalue weighted by Crippen LogP contribution is 2.25. The standard InChI is InChI=1S/C16H15NO3/c1-19-16(18)12-10-14(15-8-4-5-9-20-15)17-13-7-3-2-6-11(12)13/h2-3,6-8,10H,4-5,9H2,1H3. The minimum absolute atomic E-state index is 0.360. The number of aromatic nitrogens is 1. The number of esters is 1. The molecule has 0 spiro atoms. The van der Waals surface area contributed by atoms with E-state index in [9.17, 15) is 4.79 Å². The molecule has 0 aliphatic carbocycles. The van der Waals surface area contributed by atoms with Gasteiger partial charge < -0.3 is 9.47 Å². The number of ether oxygens (including phenoxy) is 2. The summed E-state index contributed by atoms with van der Waals surface area (Å²) in [6.45, 7) is 0.688. The molecular weight excluding hydrogens is 254 g/mol. The number of hydrogen-bond acceptors (Lipinski definition) is 4. The van der Waals surface area contributed by atoms with Gasteiger partial charge in [0.25, 0.3) is 0 Å². The average Bonchev–Trinajstić information content (AvgIpc) is 2.54. The number of rotatable bonds is 2.